The van der Waals surface area contributed by atoms with Crippen LogP contribution in [0.15, 0.2) is 36.7 Å². The highest BCUT2D eigenvalue weighted by Crippen LogP contribution is 2.30. The highest BCUT2D eigenvalue weighted by molar-refractivity contribution is 5.92. The van der Waals surface area contributed by atoms with Crippen molar-refractivity contribution in [2.24, 2.45) is 5.92 Å². The molecule has 9 heteroatoms. The Morgan fingerprint density at radius 2 is 1.88 bits per heavy atom. The number of halogens is 4. The fourth-order valence-corrected chi connectivity index (χ4v) is 2.86. The molecule has 2 heterocycles. The molecule has 2 aromatic rings. The Morgan fingerprint density at radius 3 is 2.54 bits per heavy atom. The molecule has 26 heavy (non-hydrogen) atoms. The Hall–Kier alpha value is -2.71. The van der Waals surface area contributed by atoms with Gasteiger partial charge in [0.05, 0.1) is 0 Å². The van der Waals surface area contributed by atoms with Crippen molar-refractivity contribution in [1.29, 1.82) is 0 Å². The summed E-state index contributed by atoms with van der Waals surface area (Å²) in [6, 6.07) is 6.52. The number of amides is 1. The van der Waals surface area contributed by atoms with Gasteiger partial charge in [-0.3, -0.25) is 4.79 Å². The second kappa shape index (κ2) is 7.27. The molecule has 1 aromatic carbocycles. The van der Waals surface area contributed by atoms with Crippen molar-refractivity contribution >= 4 is 17.4 Å². The lowest BCUT2D eigenvalue weighted by Crippen LogP contribution is -2.38. The van der Waals surface area contributed by atoms with Gasteiger partial charge in [-0.1, -0.05) is 6.07 Å². The van der Waals surface area contributed by atoms with Gasteiger partial charge in [0.1, 0.15) is 23.7 Å². The molecule has 1 aliphatic heterocycles. The van der Waals surface area contributed by atoms with Crippen LogP contribution in [0.5, 0.6) is 0 Å². The van der Waals surface area contributed by atoms with Gasteiger partial charge in [-0.15, -0.1) is 0 Å². The zero-order chi connectivity index (χ0) is 18.7. The molecule has 3 rings (SSSR count). The van der Waals surface area contributed by atoms with Crippen molar-refractivity contribution in [2.75, 3.05) is 23.3 Å². The van der Waals surface area contributed by atoms with Gasteiger partial charge in [0.25, 0.3) is 0 Å². The number of nitrogens with one attached hydrogen (secondary N) is 1. The fraction of sp³-hybridized carbons (Fsp3) is 0.353. The topological polar surface area (TPSA) is 58.1 Å². The number of benzene rings is 1. The summed E-state index contributed by atoms with van der Waals surface area (Å²) in [5.41, 5.74) is -0.614. The number of rotatable bonds is 3. The first-order valence-electron chi connectivity index (χ1n) is 8.03. The lowest BCUT2D eigenvalue weighted by atomic mass is 9.95. The van der Waals surface area contributed by atoms with E-state index in [1.165, 1.54) is 18.2 Å². The number of nitrogens with zero attached hydrogens (tertiary/aromatic N) is 3. The van der Waals surface area contributed by atoms with E-state index in [0.717, 1.165) is 12.4 Å². The SMILES string of the molecule is O=C(Nc1cccc(F)c1)C1CCN(c2cc(C(F)(F)F)ncn2)CC1. The third-order valence-electron chi connectivity index (χ3n) is 4.22. The molecule has 1 saturated heterocycles. The third kappa shape index (κ3) is 4.27. The van der Waals surface area contributed by atoms with Gasteiger partial charge >= 0.3 is 6.18 Å². The Labute approximate surface area is 147 Å². The van der Waals surface area contributed by atoms with Crippen LogP contribution in [-0.4, -0.2) is 29.0 Å². The van der Waals surface area contributed by atoms with E-state index in [9.17, 15) is 22.4 Å². The molecule has 1 fully saturated rings. The molecule has 5 nitrogen and oxygen atoms in total. The first-order valence-corrected chi connectivity index (χ1v) is 8.03. The quantitative estimate of drug-likeness (QED) is 0.843. The van der Waals surface area contributed by atoms with Crippen molar-refractivity contribution in [3.05, 3.63) is 48.2 Å². The number of hydrogen-bond acceptors (Lipinski definition) is 4. The molecule has 138 valence electrons. The van der Waals surface area contributed by atoms with E-state index in [1.807, 2.05) is 0 Å². The monoisotopic (exact) mass is 368 g/mol. The minimum Gasteiger partial charge on any atom is -0.356 e. The highest BCUT2D eigenvalue weighted by Gasteiger charge is 2.34. The second-order valence-electron chi connectivity index (χ2n) is 6.02. The molecule has 0 radical (unpaired) electrons. The fourth-order valence-electron chi connectivity index (χ4n) is 2.86. The summed E-state index contributed by atoms with van der Waals surface area (Å²) in [6.07, 6.45) is -2.71. The van der Waals surface area contributed by atoms with Gasteiger partial charge < -0.3 is 10.2 Å². The minimum absolute atomic E-state index is 0.191. The molecule has 0 bridgehead atoms. The van der Waals surface area contributed by atoms with Crippen molar-refractivity contribution in [3.63, 3.8) is 0 Å². The molecule has 0 unspecified atom stereocenters. The number of hydrogen-bond donors (Lipinski definition) is 1. The summed E-state index contributed by atoms with van der Waals surface area (Å²) in [6.45, 7) is 0.797. The van der Waals surface area contributed by atoms with E-state index in [4.69, 9.17) is 0 Å². The molecule has 1 aromatic heterocycles. The van der Waals surface area contributed by atoms with Gasteiger partial charge in [-0.05, 0) is 31.0 Å². The number of carbonyl (C=O) groups excluding carboxylic acids is 1. The predicted molar refractivity (Wildman–Crippen MR) is 87.0 cm³/mol. The van der Waals surface area contributed by atoms with Crippen molar-refractivity contribution in [3.8, 4) is 0 Å². The molecular weight excluding hydrogens is 352 g/mol. The number of aromatic nitrogens is 2. The van der Waals surface area contributed by atoms with E-state index < -0.39 is 17.7 Å². The van der Waals surface area contributed by atoms with Crippen LogP contribution >= 0.6 is 0 Å². The Morgan fingerprint density at radius 1 is 1.15 bits per heavy atom. The van der Waals surface area contributed by atoms with Crippen LogP contribution < -0.4 is 10.2 Å². The van der Waals surface area contributed by atoms with Gasteiger partial charge in [-0.2, -0.15) is 13.2 Å². The molecule has 1 aliphatic rings. The van der Waals surface area contributed by atoms with Crippen LogP contribution in [0.3, 0.4) is 0 Å². The van der Waals surface area contributed by atoms with Gasteiger partial charge in [0, 0.05) is 30.8 Å². The number of anilines is 2. The van der Waals surface area contributed by atoms with E-state index in [-0.39, 0.29) is 17.6 Å². The van der Waals surface area contributed by atoms with Crippen LogP contribution in [0, 0.1) is 11.7 Å². The average Bonchev–Trinajstić information content (AvgIpc) is 2.61. The second-order valence-corrected chi connectivity index (χ2v) is 6.02. The summed E-state index contributed by atoms with van der Waals surface area (Å²) >= 11 is 0. The molecule has 1 amide bonds. The summed E-state index contributed by atoms with van der Waals surface area (Å²) < 4.78 is 51.4. The van der Waals surface area contributed by atoms with Crippen LogP contribution in [-0.2, 0) is 11.0 Å². The minimum atomic E-state index is -4.53. The third-order valence-corrected chi connectivity index (χ3v) is 4.22. The van der Waals surface area contributed by atoms with Crippen LogP contribution in [0.2, 0.25) is 0 Å². The Kier molecular flexibility index (Phi) is 5.06. The summed E-state index contributed by atoms with van der Waals surface area (Å²) in [5, 5.41) is 2.66. The van der Waals surface area contributed by atoms with Crippen molar-refractivity contribution in [1.82, 2.24) is 9.97 Å². The first kappa shape index (κ1) is 18.1. The average molecular weight is 368 g/mol. The molecule has 0 spiro atoms. The van der Waals surface area contributed by atoms with Gasteiger partial charge in [0.2, 0.25) is 5.91 Å². The van der Waals surface area contributed by atoms with E-state index in [2.05, 4.69) is 15.3 Å². The predicted octanol–water partition coefficient (Wildman–Crippen LogP) is 3.49. The number of alkyl halides is 3. The smallest absolute Gasteiger partial charge is 0.356 e. The maximum Gasteiger partial charge on any atom is 0.433 e. The lowest BCUT2D eigenvalue weighted by Gasteiger charge is -2.32. The van der Waals surface area contributed by atoms with Crippen LogP contribution in [0.1, 0.15) is 18.5 Å². The standard InChI is InChI=1S/C17H16F4N4O/c18-12-2-1-3-13(8-12)24-16(26)11-4-6-25(7-5-11)15-9-14(17(19,20)21)22-10-23-15/h1-3,8-11H,4-7H2,(H,24,26). The Bertz CT molecular complexity index is 788. The summed E-state index contributed by atoms with van der Waals surface area (Å²) in [4.78, 5) is 21.1. The molecular formula is C17H16F4N4O. The molecule has 0 saturated carbocycles. The number of carbonyl (C=O) groups is 1. The largest absolute Gasteiger partial charge is 0.433 e. The van der Waals surface area contributed by atoms with Crippen molar-refractivity contribution < 1.29 is 22.4 Å². The molecule has 1 N–H and O–H groups in total. The van der Waals surface area contributed by atoms with Crippen molar-refractivity contribution in [2.45, 2.75) is 19.0 Å². The highest BCUT2D eigenvalue weighted by atomic mass is 19.4. The van der Waals surface area contributed by atoms with Gasteiger partial charge in [-0.25, -0.2) is 14.4 Å². The van der Waals surface area contributed by atoms with Crippen LogP contribution in [0.25, 0.3) is 0 Å². The molecule has 0 atom stereocenters. The summed E-state index contributed by atoms with van der Waals surface area (Å²) in [7, 11) is 0. The maximum absolute atomic E-state index is 13.2. The zero-order valence-corrected chi connectivity index (χ0v) is 13.6. The van der Waals surface area contributed by atoms with Crippen LogP contribution in [0.4, 0.5) is 29.1 Å². The normalized spacial score (nSPS) is 15.8. The Balaban J connectivity index is 1.60. The van der Waals surface area contributed by atoms with E-state index in [1.54, 1.807) is 11.0 Å². The zero-order valence-electron chi connectivity index (χ0n) is 13.6. The lowest BCUT2D eigenvalue weighted by molar-refractivity contribution is -0.141. The maximum atomic E-state index is 13.2. The summed E-state index contributed by atoms with van der Waals surface area (Å²) in [5.74, 6) is -0.773. The van der Waals surface area contributed by atoms with E-state index >= 15 is 0 Å². The molecule has 0 aliphatic carbocycles. The number of piperidine rings is 1. The van der Waals surface area contributed by atoms with Gasteiger partial charge in [0.15, 0.2) is 0 Å². The first-order chi connectivity index (χ1) is 12.3. The van der Waals surface area contributed by atoms with E-state index in [0.29, 0.717) is 31.6 Å².